The Morgan fingerprint density at radius 1 is 0.950 bits per heavy atom. The molecule has 0 aromatic rings. The minimum absolute atomic E-state index is 0.263. The Kier molecular flexibility index (Phi) is 16.7. The zero-order chi connectivity index (χ0) is 14.9. The Bertz CT molecular complexity index is 181. The SMILES string of the molecule is CCCCOCCOCCOCCNCC(C)CCO. The molecule has 0 aliphatic heterocycles. The molecule has 0 heterocycles. The lowest BCUT2D eigenvalue weighted by atomic mass is 10.1. The third-order valence-electron chi connectivity index (χ3n) is 2.92. The number of aliphatic hydroxyl groups excluding tert-OH is 1. The van der Waals surface area contributed by atoms with Gasteiger partial charge in [-0.05, 0) is 25.3 Å². The number of aliphatic hydroxyl groups is 1. The van der Waals surface area contributed by atoms with Gasteiger partial charge in [0.1, 0.15) is 0 Å². The molecule has 0 spiro atoms. The lowest BCUT2D eigenvalue weighted by Gasteiger charge is -2.11. The van der Waals surface area contributed by atoms with E-state index < -0.39 is 0 Å². The second kappa shape index (κ2) is 16.9. The Labute approximate surface area is 124 Å². The van der Waals surface area contributed by atoms with Crippen molar-refractivity contribution in [1.82, 2.24) is 5.32 Å². The van der Waals surface area contributed by atoms with Crippen molar-refractivity contribution in [2.45, 2.75) is 33.1 Å². The summed E-state index contributed by atoms with van der Waals surface area (Å²) in [5.41, 5.74) is 0. The van der Waals surface area contributed by atoms with Gasteiger partial charge in [-0.1, -0.05) is 20.3 Å². The fraction of sp³-hybridized carbons (Fsp3) is 1.00. The summed E-state index contributed by atoms with van der Waals surface area (Å²) in [6.07, 6.45) is 3.14. The van der Waals surface area contributed by atoms with E-state index in [0.29, 0.717) is 39.0 Å². The number of unbranched alkanes of at least 4 members (excludes halogenated alkanes) is 1. The third-order valence-corrected chi connectivity index (χ3v) is 2.92. The molecule has 0 radical (unpaired) electrons. The van der Waals surface area contributed by atoms with Gasteiger partial charge in [-0.2, -0.15) is 0 Å². The third kappa shape index (κ3) is 15.9. The van der Waals surface area contributed by atoms with Crippen LogP contribution in [0.2, 0.25) is 0 Å². The largest absolute Gasteiger partial charge is 0.396 e. The second-order valence-corrected chi connectivity index (χ2v) is 5.01. The smallest absolute Gasteiger partial charge is 0.0701 e. The van der Waals surface area contributed by atoms with Gasteiger partial charge in [0.15, 0.2) is 0 Å². The predicted octanol–water partition coefficient (Wildman–Crippen LogP) is 1.44. The number of hydrogen-bond acceptors (Lipinski definition) is 5. The van der Waals surface area contributed by atoms with Gasteiger partial charge in [-0.3, -0.25) is 0 Å². The highest BCUT2D eigenvalue weighted by Gasteiger charge is 1.99. The van der Waals surface area contributed by atoms with E-state index in [9.17, 15) is 0 Å². The minimum atomic E-state index is 0.263. The molecule has 0 amide bonds. The van der Waals surface area contributed by atoms with Crippen LogP contribution < -0.4 is 5.32 Å². The maximum Gasteiger partial charge on any atom is 0.0701 e. The van der Waals surface area contributed by atoms with Crippen LogP contribution in [0.3, 0.4) is 0 Å². The van der Waals surface area contributed by atoms with Gasteiger partial charge in [-0.15, -0.1) is 0 Å². The van der Waals surface area contributed by atoms with Crippen molar-refractivity contribution in [3.05, 3.63) is 0 Å². The van der Waals surface area contributed by atoms with E-state index in [1.807, 2.05) is 0 Å². The van der Waals surface area contributed by atoms with E-state index >= 15 is 0 Å². The molecule has 2 N–H and O–H groups in total. The molecule has 0 aromatic carbocycles. The van der Waals surface area contributed by atoms with Crippen LogP contribution in [0.4, 0.5) is 0 Å². The van der Waals surface area contributed by atoms with Gasteiger partial charge in [0.2, 0.25) is 0 Å². The van der Waals surface area contributed by atoms with E-state index in [1.54, 1.807) is 0 Å². The van der Waals surface area contributed by atoms with Crippen molar-refractivity contribution in [1.29, 1.82) is 0 Å². The van der Waals surface area contributed by atoms with Crippen LogP contribution in [0.1, 0.15) is 33.1 Å². The maximum atomic E-state index is 8.77. The van der Waals surface area contributed by atoms with Crippen LogP contribution in [0.5, 0.6) is 0 Å². The molecule has 0 saturated carbocycles. The lowest BCUT2D eigenvalue weighted by molar-refractivity contribution is 0.0146. The quantitative estimate of drug-likeness (QED) is 0.421. The fourth-order valence-electron chi connectivity index (χ4n) is 1.60. The molecule has 0 rings (SSSR count). The molecule has 1 unspecified atom stereocenters. The number of ether oxygens (including phenoxy) is 3. The molecule has 0 saturated heterocycles. The molecule has 0 aromatic heterocycles. The molecular weight excluding hydrogens is 258 g/mol. The highest BCUT2D eigenvalue weighted by atomic mass is 16.5. The summed E-state index contributed by atoms with van der Waals surface area (Å²) in [6.45, 7) is 10.4. The molecule has 0 aliphatic rings. The van der Waals surface area contributed by atoms with Gasteiger partial charge in [0.05, 0.1) is 33.0 Å². The van der Waals surface area contributed by atoms with E-state index in [4.69, 9.17) is 19.3 Å². The fourth-order valence-corrected chi connectivity index (χ4v) is 1.60. The Hall–Kier alpha value is -0.200. The topological polar surface area (TPSA) is 60.0 Å². The first-order chi connectivity index (χ1) is 9.81. The average molecular weight is 291 g/mol. The Morgan fingerprint density at radius 2 is 1.55 bits per heavy atom. The van der Waals surface area contributed by atoms with Crippen molar-refractivity contribution in [3.63, 3.8) is 0 Å². The van der Waals surface area contributed by atoms with Crippen LogP contribution in [0.15, 0.2) is 0 Å². The van der Waals surface area contributed by atoms with Crippen molar-refractivity contribution in [3.8, 4) is 0 Å². The van der Waals surface area contributed by atoms with E-state index in [1.165, 1.54) is 6.42 Å². The van der Waals surface area contributed by atoms with Crippen LogP contribution in [0.25, 0.3) is 0 Å². The molecule has 0 bridgehead atoms. The van der Waals surface area contributed by atoms with Crippen LogP contribution in [0, 0.1) is 5.92 Å². The van der Waals surface area contributed by atoms with Gasteiger partial charge in [0, 0.05) is 19.8 Å². The summed E-state index contributed by atoms with van der Waals surface area (Å²) < 4.78 is 16.2. The second-order valence-electron chi connectivity index (χ2n) is 5.01. The normalized spacial score (nSPS) is 12.8. The molecule has 0 aliphatic carbocycles. The summed E-state index contributed by atoms with van der Waals surface area (Å²) in [6, 6.07) is 0. The number of hydrogen-bond donors (Lipinski definition) is 2. The molecule has 5 heteroatoms. The van der Waals surface area contributed by atoms with E-state index in [2.05, 4.69) is 19.2 Å². The molecule has 0 fully saturated rings. The first-order valence-electron chi connectivity index (χ1n) is 7.86. The van der Waals surface area contributed by atoms with Crippen molar-refractivity contribution in [2.75, 3.05) is 59.3 Å². The standard InChI is InChI=1S/C15H33NO4/c1-3-4-8-18-10-12-20-13-11-19-9-6-16-14-15(2)5-7-17/h15-17H,3-14H2,1-2H3. The first kappa shape index (κ1) is 19.8. The highest BCUT2D eigenvalue weighted by molar-refractivity contribution is 4.55. The number of nitrogens with one attached hydrogen (secondary N) is 1. The van der Waals surface area contributed by atoms with Crippen LogP contribution in [-0.2, 0) is 14.2 Å². The summed E-state index contributed by atoms with van der Waals surface area (Å²) in [5.74, 6) is 0.510. The average Bonchev–Trinajstić information content (AvgIpc) is 2.44. The minimum Gasteiger partial charge on any atom is -0.396 e. The van der Waals surface area contributed by atoms with Crippen LogP contribution in [-0.4, -0.2) is 64.4 Å². The predicted molar refractivity (Wildman–Crippen MR) is 81.1 cm³/mol. The molecule has 122 valence electrons. The van der Waals surface area contributed by atoms with Crippen molar-refractivity contribution in [2.24, 2.45) is 5.92 Å². The lowest BCUT2D eigenvalue weighted by Crippen LogP contribution is -2.26. The summed E-state index contributed by atoms with van der Waals surface area (Å²) in [4.78, 5) is 0. The van der Waals surface area contributed by atoms with Crippen LogP contribution >= 0.6 is 0 Å². The van der Waals surface area contributed by atoms with Gasteiger partial charge >= 0.3 is 0 Å². The highest BCUT2D eigenvalue weighted by Crippen LogP contribution is 1.97. The van der Waals surface area contributed by atoms with E-state index in [-0.39, 0.29) is 6.61 Å². The molecular formula is C15H33NO4. The molecule has 20 heavy (non-hydrogen) atoms. The molecule has 1 atom stereocenters. The maximum absolute atomic E-state index is 8.77. The Balaban J connectivity index is 2.99. The van der Waals surface area contributed by atoms with Gasteiger partial charge in [0.25, 0.3) is 0 Å². The molecule has 5 nitrogen and oxygen atoms in total. The summed E-state index contributed by atoms with van der Waals surface area (Å²) in [7, 11) is 0. The van der Waals surface area contributed by atoms with Gasteiger partial charge in [-0.25, -0.2) is 0 Å². The van der Waals surface area contributed by atoms with E-state index in [0.717, 1.165) is 32.5 Å². The monoisotopic (exact) mass is 291 g/mol. The van der Waals surface area contributed by atoms with Gasteiger partial charge < -0.3 is 24.6 Å². The zero-order valence-corrected chi connectivity index (χ0v) is 13.2. The zero-order valence-electron chi connectivity index (χ0n) is 13.2. The van der Waals surface area contributed by atoms with Crippen molar-refractivity contribution >= 4 is 0 Å². The Morgan fingerprint density at radius 3 is 2.15 bits per heavy atom. The summed E-state index contributed by atoms with van der Waals surface area (Å²) in [5, 5.41) is 12.1. The van der Waals surface area contributed by atoms with Crippen molar-refractivity contribution < 1.29 is 19.3 Å². The number of rotatable bonds is 16. The summed E-state index contributed by atoms with van der Waals surface area (Å²) >= 11 is 0. The first-order valence-corrected chi connectivity index (χ1v) is 7.86.